The third-order valence-electron chi connectivity index (χ3n) is 3.37. The van der Waals surface area contributed by atoms with E-state index in [0.717, 1.165) is 24.5 Å². The van der Waals surface area contributed by atoms with Gasteiger partial charge in [-0.2, -0.15) is 11.8 Å². The van der Waals surface area contributed by atoms with Crippen LogP contribution in [0.5, 0.6) is 0 Å². The van der Waals surface area contributed by atoms with Crippen molar-refractivity contribution in [2.45, 2.75) is 64.0 Å². The Bertz CT molecular complexity index is 175. The molecule has 2 unspecified atom stereocenters. The number of nitrogens with two attached hydrogens (primary N) is 1. The lowest BCUT2D eigenvalue weighted by molar-refractivity contribution is 0.0441. The average molecular weight is 260 g/mol. The SMILES string of the molecule is CCCCCCCCC(NN)C1CSCCO1. The highest BCUT2D eigenvalue weighted by Crippen LogP contribution is 2.18. The number of hydrazine groups is 1. The normalized spacial score (nSPS) is 22.6. The van der Waals surface area contributed by atoms with Crippen molar-refractivity contribution in [1.29, 1.82) is 0 Å². The van der Waals surface area contributed by atoms with Crippen LogP contribution in [0.1, 0.15) is 51.9 Å². The van der Waals surface area contributed by atoms with Crippen molar-refractivity contribution in [3.05, 3.63) is 0 Å². The van der Waals surface area contributed by atoms with Gasteiger partial charge >= 0.3 is 0 Å². The Labute approximate surface area is 110 Å². The fourth-order valence-electron chi connectivity index (χ4n) is 2.26. The lowest BCUT2D eigenvalue weighted by atomic mass is 10.0. The van der Waals surface area contributed by atoms with Crippen LogP contribution in [0.25, 0.3) is 0 Å². The molecule has 17 heavy (non-hydrogen) atoms. The van der Waals surface area contributed by atoms with Crippen molar-refractivity contribution in [1.82, 2.24) is 5.43 Å². The van der Waals surface area contributed by atoms with Crippen molar-refractivity contribution < 1.29 is 4.74 Å². The molecule has 1 aliphatic rings. The molecule has 0 saturated carbocycles. The van der Waals surface area contributed by atoms with Crippen LogP contribution in [-0.2, 0) is 4.74 Å². The minimum atomic E-state index is 0.314. The van der Waals surface area contributed by atoms with E-state index >= 15 is 0 Å². The van der Waals surface area contributed by atoms with Crippen LogP contribution in [0, 0.1) is 0 Å². The third kappa shape index (κ3) is 6.65. The Hall–Kier alpha value is 0.230. The van der Waals surface area contributed by atoms with E-state index in [0.29, 0.717) is 12.1 Å². The van der Waals surface area contributed by atoms with Gasteiger partial charge in [-0.05, 0) is 6.42 Å². The highest BCUT2D eigenvalue weighted by atomic mass is 32.2. The second-order valence-corrected chi connectivity index (χ2v) is 5.96. The van der Waals surface area contributed by atoms with Gasteiger partial charge in [-0.25, -0.2) is 0 Å². The van der Waals surface area contributed by atoms with Crippen molar-refractivity contribution in [3.63, 3.8) is 0 Å². The minimum absolute atomic E-state index is 0.314. The van der Waals surface area contributed by atoms with Crippen LogP contribution in [-0.4, -0.2) is 30.3 Å². The molecule has 1 fully saturated rings. The zero-order chi connectivity index (χ0) is 12.3. The van der Waals surface area contributed by atoms with Crippen LogP contribution < -0.4 is 11.3 Å². The molecule has 2 atom stereocenters. The fraction of sp³-hybridized carbons (Fsp3) is 1.00. The first-order valence-corrected chi connectivity index (χ1v) is 8.19. The fourth-order valence-corrected chi connectivity index (χ4v) is 3.20. The molecule has 0 aliphatic carbocycles. The monoisotopic (exact) mass is 260 g/mol. The van der Waals surface area contributed by atoms with Gasteiger partial charge in [0, 0.05) is 17.5 Å². The van der Waals surface area contributed by atoms with Gasteiger partial charge in [-0.1, -0.05) is 45.4 Å². The first-order chi connectivity index (χ1) is 8.38. The summed E-state index contributed by atoms with van der Waals surface area (Å²) < 4.78 is 5.76. The lowest BCUT2D eigenvalue weighted by Crippen LogP contribution is -2.47. The predicted molar refractivity (Wildman–Crippen MR) is 76.2 cm³/mol. The molecule has 1 saturated heterocycles. The van der Waals surface area contributed by atoms with E-state index in [1.807, 2.05) is 11.8 Å². The van der Waals surface area contributed by atoms with E-state index in [4.69, 9.17) is 10.6 Å². The van der Waals surface area contributed by atoms with Crippen LogP contribution >= 0.6 is 11.8 Å². The van der Waals surface area contributed by atoms with Crippen LogP contribution in [0.3, 0.4) is 0 Å². The Morgan fingerprint density at radius 2 is 2.06 bits per heavy atom. The van der Waals surface area contributed by atoms with Gasteiger partial charge < -0.3 is 4.74 Å². The van der Waals surface area contributed by atoms with Gasteiger partial charge in [-0.3, -0.25) is 11.3 Å². The Morgan fingerprint density at radius 1 is 1.29 bits per heavy atom. The largest absolute Gasteiger partial charge is 0.375 e. The van der Waals surface area contributed by atoms with Gasteiger partial charge in [0.2, 0.25) is 0 Å². The Kier molecular flexibility index (Phi) is 9.16. The van der Waals surface area contributed by atoms with Gasteiger partial charge in [-0.15, -0.1) is 0 Å². The molecular formula is C13H28N2OS. The number of thioether (sulfide) groups is 1. The van der Waals surface area contributed by atoms with Gasteiger partial charge in [0.25, 0.3) is 0 Å². The van der Waals surface area contributed by atoms with Crippen molar-refractivity contribution in [2.24, 2.45) is 5.84 Å². The van der Waals surface area contributed by atoms with E-state index in [2.05, 4.69) is 12.3 Å². The number of hydrogen-bond donors (Lipinski definition) is 2. The topological polar surface area (TPSA) is 47.3 Å². The molecule has 0 bridgehead atoms. The first-order valence-electron chi connectivity index (χ1n) is 7.04. The van der Waals surface area contributed by atoms with Gasteiger partial charge in [0.1, 0.15) is 0 Å². The van der Waals surface area contributed by atoms with E-state index in [-0.39, 0.29) is 0 Å². The maximum Gasteiger partial charge on any atom is 0.0832 e. The summed E-state index contributed by atoms with van der Waals surface area (Å²) in [6.07, 6.45) is 9.50. The lowest BCUT2D eigenvalue weighted by Gasteiger charge is -2.29. The van der Waals surface area contributed by atoms with Crippen LogP contribution in [0.15, 0.2) is 0 Å². The number of hydrogen-bond acceptors (Lipinski definition) is 4. The van der Waals surface area contributed by atoms with Crippen molar-refractivity contribution in [3.8, 4) is 0 Å². The zero-order valence-electron chi connectivity index (χ0n) is 11.1. The highest BCUT2D eigenvalue weighted by Gasteiger charge is 2.23. The number of rotatable bonds is 9. The second-order valence-electron chi connectivity index (χ2n) is 4.81. The van der Waals surface area contributed by atoms with Crippen molar-refractivity contribution >= 4 is 11.8 Å². The average Bonchev–Trinajstić information content (AvgIpc) is 2.39. The molecule has 0 amide bonds. The quantitative estimate of drug-likeness (QED) is 0.380. The summed E-state index contributed by atoms with van der Waals surface area (Å²) in [4.78, 5) is 0. The van der Waals surface area contributed by atoms with Gasteiger partial charge in [0.15, 0.2) is 0 Å². The highest BCUT2D eigenvalue weighted by molar-refractivity contribution is 7.99. The smallest absolute Gasteiger partial charge is 0.0832 e. The Balaban J connectivity index is 2.05. The summed E-state index contributed by atoms with van der Waals surface area (Å²) in [5.41, 5.74) is 2.94. The van der Waals surface area contributed by atoms with Crippen molar-refractivity contribution in [2.75, 3.05) is 18.1 Å². The predicted octanol–water partition coefficient (Wildman–Crippen LogP) is 2.70. The zero-order valence-corrected chi connectivity index (χ0v) is 11.9. The molecule has 1 heterocycles. The van der Waals surface area contributed by atoms with E-state index in [1.165, 1.54) is 38.5 Å². The molecule has 0 radical (unpaired) electrons. The standard InChI is InChI=1S/C13H28N2OS/c1-2-3-4-5-6-7-8-12(15-14)13-11-17-10-9-16-13/h12-13,15H,2-11,14H2,1H3. The molecule has 3 N–H and O–H groups in total. The Morgan fingerprint density at radius 3 is 2.71 bits per heavy atom. The third-order valence-corrected chi connectivity index (χ3v) is 4.39. The van der Waals surface area contributed by atoms with Crippen LogP contribution in [0.2, 0.25) is 0 Å². The number of ether oxygens (including phenoxy) is 1. The second kappa shape index (κ2) is 10.2. The van der Waals surface area contributed by atoms with E-state index < -0.39 is 0 Å². The summed E-state index contributed by atoms with van der Waals surface area (Å²) in [6.45, 7) is 3.14. The first kappa shape index (κ1) is 15.3. The molecule has 3 nitrogen and oxygen atoms in total. The van der Waals surface area contributed by atoms with Crippen LogP contribution in [0.4, 0.5) is 0 Å². The van der Waals surface area contributed by atoms with E-state index in [9.17, 15) is 0 Å². The summed E-state index contributed by atoms with van der Waals surface area (Å²) in [7, 11) is 0. The minimum Gasteiger partial charge on any atom is -0.375 e. The molecular weight excluding hydrogens is 232 g/mol. The maximum absolute atomic E-state index is 5.76. The summed E-state index contributed by atoms with van der Waals surface area (Å²) in [6, 6.07) is 0.342. The molecule has 0 spiro atoms. The summed E-state index contributed by atoms with van der Waals surface area (Å²) in [5.74, 6) is 7.84. The molecule has 0 aromatic heterocycles. The summed E-state index contributed by atoms with van der Waals surface area (Å²) in [5, 5.41) is 0. The molecule has 1 aliphatic heterocycles. The van der Waals surface area contributed by atoms with Gasteiger partial charge in [0.05, 0.1) is 12.7 Å². The molecule has 0 aromatic rings. The number of nitrogens with one attached hydrogen (secondary N) is 1. The summed E-state index contributed by atoms with van der Waals surface area (Å²) >= 11 is 1.98. The number of unbranched alkanes of at least 4 members (excludes halogenated alkanes) is 5. The molecule has 0 aromatic carbocycles. The molecule has 4 heteroatoms. The molecule has 1 rings (SSSR count). The molecule has 102 valence electrons. The van der Waals surface area contributed by atoms with E-state index in [1.54, 1.807) is 0 Å². The maximum atomic E-state index is 5.76.